The van der Waals surface area contributed by atoms with Crippen molar-refractivity contribution in [2.45, 2.75) is 257 Å². The molecule has 0 heterocycles. The summed E-state index contributed by atoms with van der Waals surface area (Å²) in [6.07, 6.45) is 65.4. The van der Waals surface area contributed by atoms with Gasteiger partial charge in [-0.2, -0.15) is 0 Å². The average molecular weight is 987 g/mol. The molecule has 0 aliphatic rings. The van der Waals surface area contributed by atoms with E-state index in [2.05, 4.69) is 93.7 Å². The number of hydrogen-bond donors (Lipinski definition) is 0. The van der Waals surface area contributed by atoms with Crippen molar-refractivity contribution in [3.63, 3.8) is 0 Å². The molecule has 0 aromatic heterocycles. The van der Waals surface area contributed by atoms with Crippen LogP contribution in [0.15, 0.2) is 72.9 Å². The number of allylic oxidation sites excluding steroid dienone is 12. The molecule has 0 amide bonds. The van der Waals surface area contributed by atoms with E-state index >= 15 is 0 Å². The molecule has 0 rings (SSSR count). The maximum atomic E-state index is 13.1. The van der Waals surface area contributed by atoms with Gasteiger partial charge in [0.15, 0.2) is 19.8 Å². The van der Waals surface area contributed by atoms with E-state index in [9.17, 15) is 14.4 Å². The van der Waals surface area contributed by atoms with Crippen molar-refractivity contribution in [1.29, 1.82) is 0 Å². The summed E-state index contributed by atoms with van der Waals surface area (Å²) in [5.41, 5.74) is -0.934. The van der Waals surface area contributed by atoms with Crippen molar-refractivity contribution < 1.29 is 45.5 Å². The van der Waals surface area contributed by atoms with E-state index < -0.39 is 5.54 Å². The highest BCUT2D eigenvalue weighted by Gasteiger charge is 2.47. The monoisotopic (exact) mass is 986 g/mol. The van der Waals surface area contributed by atoms with Gasteiger partial charge in [-0.1, -0.05) is 190 Å². The van der Waals surface area contributed by atoms with E-state index in [1.54, 1.807) is 0 Å². The van der Waals surface area contributed by atoms with Crippen LogP contribution >= 0.6 is 0 Å². The summed E-state index contributed by atoms with van der Waals surface area (Å²) in [6, 6.07) is 0. The molecular formula is C61H108ClNO6. The third-order valence-electron chi connectivity index (χ3n) is 12.9. The number of ether oxygens (including phenoxy) is 3. The van der Waals surface area contributed by atoms with Gasteiger partial charge in [-0.25, -0.2) is 0 Å². The third-order valence-corrected chi connectivity index (χ3v) is 12.9. The molecule has 0 N–H and O–H groups in total. The molecule has 0 aromatic rings. The fraction of sp³-hybridized carbons (Fsp3) is 0.754. The first kappa shape index (κ1) is 68.2. The van der Waals surface area contributed by atoms with Crippen LogP contribution in [0.3, 0.4) is 0 Å². The van der Waals surface area contributed by atoms with Crippen LogP contribution in [0, 0.1) is 0 Å². The number of halogens is 1. The highest BCUT2D eigenvalue weighted by Crippen LogP contribution is 2.24. The highest BCUT2D eigenvalue weighted by atomic mass is 35.5. The number of carbonyl (C=O) groups is 3. The van der Waals surface area contributed by atoms with E-state index in [4.69, 9.17) is 14.2 Å². The SMILES string of the molecule is CCCCC/C=C\C/C=C\CCCCCCCC(=O)OCC(COC(=O)CCCCCCC/C=C\C/C=C\CCCCC)(COC(=O)CCCCCCC/C=C\C/C=C\CCCCC)[N+](C)(C)C.[Cl-]. The first-order valence-corrected chi connectivity index (χ1v) is 28.3. The molecule has 8 heteroatoms. The van der Waals surface area contributed by atoms with E-state index in [1.807, 2.05) is 21.1 Å². The number of nitrogens with zero attached hydrogens (tertiary/aromatic N) is 1. The average Bonchev–Trinajstić information content (AvgIpc) is 3.32. The Balaban J connectivity index is 0. The van der Waals surface area contributed by atoms with Crippen LogP contribution in [0.2, 0.25) is 0 Å². The first-order valence-electron chi connectivity index (χ1n) is 28.3. The van der Waals surface area contributed by atoms with Crippen LogP contribution in [0.4, 0.5) is 0 Å². The molecule has 0 saturated heterocycles. The number of carbonyl (C=O) groups excluding carboxylic acids is 3. The number of hydrogen-bond acceptors (Lipinski definition) is 6. The standard InChI is InChI=1S/C61H108NO6.ClH/c1-7-10-13-16-19-22-25-28-31-34-37-40-43-46-49-52-58(63)66-55-61(62(4,5)6,56-67-59(64)53-50-47-44-41-38-35-32-29-26-23-20-17-14-11-8-2)57-68-60(65)54-51-48-45-42-39-36-33-30-27-24-21-18-15-12-9-3;/h19-24,28-33H,7-18,25-27,34-57H2,1-6H3;1H/q+1;/p-1/b22-19-,23-20-,24-21-,31-28-,32-29-,33-30-;. The lowest BCUT2D eigenvalue weighted by Crippen LogP contribution is -3.00. The largest absolute Gasteiger partial charge is 1.00 e. The Kier molecular flexibility index (Phi) is 50.8. The second-order valence-electron chi connectivity index (χ2n) is 20.2. The van der Waals surface area contributed by atoms with Crippen molar-refractivity contribution >= 4 is 17.9 Å². The van der Waals surface area contributed by atoms with Gasteiger partial charge in [-0.15, -0.1) is 0 Å². The molecule has 0 atom stereocenters. The Morgan fingerprint density at radius 2 is 0.551 bits per heavy atom. The Labute approximate surface area is 432 Å². The van der Waals surface area contributed by atoms with Crippen LogP contribution in [0.25, 0.3) is 0 Å². The molecule has 0 aromatic carbocycles. The molecular weight excluding hydrogens is 878 g/mol. The molecule has 0 bridgehead atoms. The third kappa shape index (κ3) is 46.0. The minimum atomic E-state index is -0.934. The van der Waals surface area contributed by atoms with Crippen LogP contribution < -0.4 is 12.4 Å². The quantitative estimate of drug-likeness (QED) is 0.0199. The van der Waals surface area contributed by atoms with Gasteiger partial charge in [-0.3, -0.25) is 14.4 Å². The highest BCUT2D eigenvalue weighted by molar-refractivity contribution is 5.70. The summed E-state index contributed by atoms with van der Waals surface area (Å²) in [5.74, 6) is -0.788. The van der Waals surface area contributed by atoms with Gasteiger partial charge in [0, 0.05) is 19.3 Å². The van der Waals surface area contributed by atoms with Gasteiger partial charge in [0.2, 0.25) is 5.54 Å². The van der Waals surface area contributed by atoms with Crippen molar-refractivity contribution in [3.8, 4) is 0 Å². The Morgan fingerprint density at radius 1 is 0.333 bits per heavy atom. The topological polar surface area (TPSA) is 78.9 Å². The fourth-order valence-corrected chi connectivity index (χ4v) is 7.81. The lowest BCUT2D eigenvalue weighted by Gasteiger charge is -2.44. The van der Waals surface area contributed by atoms with E-state index in [1.165, 1.54) is 77.0 Å². The number of rotatable bonds is 49. The zero-order valence-electron chi connectivity index (χ0n) is 45.8. The Morgan fingerprint density at radius 3 is 0.783 bits per heavy atom. The molecule has 0 unspecified atom stereocenters. The molecule has 0 saturated carbocycles. The first-order chi connectivity index (χ1) is 33.1. The summed E-state index contributed by atoms with van der Waals surface area (Å²) in [5, 5.41) is 0. The molecule has 0 spiro atoms. The lowest BCUT2D eigenvalue weighted by atomic mass is 9.98. The summed E-state index contributed by atoms with van der Waals surface area (Å²) in [7, 11) is 5.95. The molecule has 0 aliphatic carbocycles. The molecule has 7 nitrogen and oxygen atoms in total. The van der Waals surface area contributed by atoms with E-state index in [0.717, 1.165) is 135 Å². The van der Waals surface area contributed by atoms with Gasteiger partial charge in [0.1, 0.15) is 0 Å². The summed E-state index contributed by atoms with van der Waals surface area (Å²) >= 11 is 0. The van der Waals surface area contributed by atoms with Crippen LogP contribution in [-0.4, -0.2) is 68.9 Å². The lowest BCUT2D eigenvalue weighted by molar-refractivity contribution is -0.925. The van der Waals surface area contributed by atoms with Crippen LogP contribution in [0.5, 0.6) is 0 Å². The van der Waals surface area contributed by atoms with Crippen LogP contribution in [0.1, 0.15) is 252 Å². The van der Waals surface area contributed by atoms with E-state index in [0.29, 0.717) is 23.7 Å². The second kappa shape index (κ2) is 51.5. The number of unbranched alkanes of at least 4 members (excludes halogenated alkanes) is 24. The molecule has 0 aliphatic heterocycles. The minimum absolute atomic E-state index is 0. The normalized spacial score (nSPS) is 12.4. The zero-order chi connectivity index (χ0) is 49.9. The molecule has 0 fully saturated rings. The predicted octanol–water partition coefficient (Wildman–Crippen LogP) is 14.5. The minimum Gasteiger partial charge on any atom is -1.00 e. The van der Waals surface area contributed by atoms with E-state index in [-0.39, 0.29) is 50.1 Å². The van der Waals surface area contributed by atoms with Crippen molar-refractivity contribution in [3.05, 3.63) is 72.9 Å². The van der Waals surface area contributed by atoms with Gasteiger partial charge < -0.3 is 31.1 Å². The number of likely N-dealkylation sites (N-methyl/N-ethyl adjacent to an activating group) is 1. The second-order valence-corrected chi connectivity index (χ2v) is 20.2. The van der Waals surface area contributed by atoms with Gasteiger partial charge in [0.25, 0.3) is 0 Å². The Hall–Kier alpha value is -2.90. The number of esters is 3. The fourth-order valence-electron chi connectivity index (χ4n) is 7.81. The van der Waals surface area contributed by atoms with Gasteiger partial charge >= 0.3 is 17.9 Å². The van der Waals surface area contributed by atoms with Crippen LogP contribution in [-0.2, 0) is 28.6 Å². The smallest absolute Gasteiger partial charge is 0.306 e. The van der Waals surface area contributed by atoms with Crippen molar-refractivity contribution in [2.75, 3.05) is 41.0 Å². The summed E-state index contributed by atoms with van der Waals surface area (Å²) in [6.45, 7) is 6.73. The van der Waals surface area contributed by atoms with Crippen molar-refractivity contribution in [2.24, 2.45) is 0 Å². The maximum absolute atomic E-state index is 13.1. The zero-order valence-corrected chi connectivity index (χ0v) is 46.5. The molecule has 400 valence electrons. The maximum Gasteiger partial charge on any atom is 0.306 e. The molecule has 0 radical (unpaired) electrons. The summed E-state index contributed by atoms with van der Waals surface area (Å²) in [4.78, 5) is 39.3. The number of quaternary nitrogens is 1. The predicted molar refractivity (Wildman–Crippen MR) is 292 cm³/mol. The van der Waals surface area contributed by atoms with Crippen molar-refractivity contribution in [1.82, 2.24) is 0 Å². The molecule has 69 heavy (non-hydrogen) atoms. The van der Waals surface area contributed by atoms with Gasteiger partial charge in [0.05, 0.1) is 21.1 Å². The van der Waals surface area contributed by atoms with Gasteiger partial charge in [-0.05, 0) is 116 Å². The Bertz CT molecular complexity index is 1210. The summed E-state index contributed by atoms with van der Waals surface area (Å²) < 4.78 is 18.1.